The molecular formula is C14H18N2O. The quantitative estimate of drug-likeness (QED) is 0.879. The van der Waals surface area contributed by atoms with Crippen LogP contribution < -0.4 is 0 Å². The summed E-state index contributed by atoms with van der Waals surface area (Å²) >= 11 is 0. The van der Waals surface area contributed by atoms with Gasteiger partial charge in [-0.25, -0.2) is 0 Å². The summed E-state index contributed by atoms with van der Waals surface area (Å²) in [7, 11) is 1.88. The second kappa shape index (κ2) is 4.72. The van der Waals surface area contributed by atoms with Crippen molar-refractivity contribution in [1.29, 1.82) is 0 Å². The van der Waals surface area contributed by atoms with Crippen molar-refractivity contribution in [3.63, 3.8) is 0 Å². The summed E-state index contributed by atoms with van der Waals surface area (Å²) in [5.74, 6) is 0. The van der Waals surface area contributed by atoms with Crippen LogP contribution in [0, 0.1) is 6.92 Å². The van der Waals surface area contributed by atoms with E-state index in [1.165, 1.54) is 0 Å². The van der Waals surface area contributed by atoms with Crippen molar-refractivity contribution in [3.8, 4) is 0 Å². The highest BCUT2D eigenvalue weighted by atomic mass is 16.3. The molecule has 0 aliphatic rings. The van der Waals surface area contributed by atoms with Gasteiger partial charge in [0.05, 0.1) is 5.69 Å². The Kier molecular flexibility index (Phi) is 3.29. The third-order valence-electron chi connectivity index (χ3n) is 3.05. The molecule has 1 N–H and O–H groups in total. The average molecular weight is 230 g/mol. The van der Waals surface area contributed by atoms with Gasteiger partial charge in [0, 0.05) is 18.8 Å². The van der Waals surface area contributed by atoms with Crippen molar-refractivity contribution >= 4 is 0 Å². The molecule has 0 spiro atoms. The molecule has 3 heteroatoms. The first-order valence-electron chi connectivity index (χ1n) is 5.89. The number of aryl methyl sites for hydroxylation is 3. The number of nitrogens with zero attached hydrogens (tertiary/aromatic N) is 2. The molecule has 1 aromatic heterocycles. The smallest absolute Gasteiger partial charge is 0.108 e. The highest BCUT2D eigenvalue weighted by Gasteiger charge is 2.18. The van der Waals surface area contributed by atoms with E-state index >= 15 is 0 Å². The molecule has 0 radical (unpaired) electrons. The first-order valence-corrected chi connectivity index (χ1v) is 5.89. The molecule has 0 fully saturated rings. The first kappa shape index (κ1) is 11.9. The highest BCUT2D eigenvalue weighted by molar-refractivity contribution is 5.36. The Labute approximate surface area is 102 Å². The van der Waals surface area contributed by atoms with E-state index in [2.05, 4.69) is 12.0 Å². The van der Waals surface area contributed by atoms with Crippen molar-refractivity contribution in [2.24, 2.45) is 7.05 Å². The molecule has 0 bridgehead atoms. The first-order chi connectivity index (χ1) is 8.13. The summed E-state index contributed by atoms with van der Waals surface area (Å²) in [4.78, 5) is 0. The monoisotopic (exact) mass is 230 g/mol. The number of rotatable bonds is 3. The van der Waals surface area contributed by atoms with Crippen LogP contribution in [-0.4, -0.2) is 14.9 Å². The third kappa shape index (κ3) is 2.24. The fourth-order valence-electron chi connectivity index (χ4n) is 2.12. The van der Waals surface area contributed by atoms with Gasteiger partial charge in [0.1, 0.15) is 6.10 Å². The van der Waals surface area contributed by atoms with E-state index in [-0.39, 0.29) is 0 Å². The normalized spacial score (nSPS) is 12.7. The molecule has 0 aliphatic carbocycles. The fourth-order valence-corrected chi connectivity index (χ4v) is 2.12. The predicted molar refractivity (Wildman–Crippen MR) is 67.8 cm³/mol. The molecule has 1 heterocycles. The molecule has 0 saturated carbocycles. The van der Waals surface area contributed by atoms with E-state index in [0.717, 1.165) is 28.8 Å². The lowest BCUT2D eigenvalue weighted by Gasteiger charge is -2.13. The largest absolute Gasteiger partial charge is 0.384 e. The van der Waals surface area contributed by atoms with Crippen molar-refractivity contribution in [2.45, 2.75) is 26.4 Å². The Hall–Kier alpha value is -1.61. The van der Waals surface area contributed by atoms with Gasteiger partial charge < -0.3 is 5.11 Å². The van der Waals surface area contributed by atoms with Crippen LogP contribution in [0.5, 0.6) is 0 Å². The van der Waals surface area contributed by atoms with Crippen LogP contribution in [-0.2, 0) is 13.5 Å². The zero-order chi connectivity index (χ0) is 12.4. The number of hydrogen-bond acceptors (Lipinski definition) is 2. The molecule has 1 aromatic carbocycles. The number of aromatic nitrogens is 2. The molecule has 0 aliphatic heterocycles. The molecule has 1 atom stereocenters. The lowest BCUT2D eigenvalue weighted by Crippen LogP contribution is -2.03. The van der Waals surface area contributed by atoms with Gasteiger partial charge in [-0.3, -0.25) is 4.68 Å². The summed E-state index contributed by atoms with van der Waals surface area (Å²) in [5, 5.41) is 14.8. The van der Waals surface area contributed by atoms with E-state index in [1.54, 1.807) is 4.68 Å². The Morgan fingerprint density at radius 1 is 1.29 bits per heavy atom. The fraction of sp³-hybridized carbons (Fsp3) is 0.357. The minimum atomic E-state index is -0.583. The number of benzene rings is 1. The second-order valence-electron chi connectivity index (χ2n) is 4.32. The van der Waals surface area contributed by atoms with Crippen LogP contribution in [0.2, 0.25) is 0 Å². The Balaban J connectivity index is 2.43. The van der Waals surface area contributed by atoms with Crippen molar-refractivity contribution in [1.82, 2.24) is 9.78 Å². The summed E-state index contributed by atoms with van der Waals surface area (Å²) in [6.07, 6.45) is 2.15. The van der Waals surface area contributed by atoms with Crippen LogP contribution in [0.4, 0.5) is 0 Å². The van der Waals surface area contributed by atoms with E-state index in [9.17, 15) is 5.11 Å². The topological polar surface area (TPSA) is 38.0 Å². The highest BCUT2D eigenvalue weighted by Crippen LogP contribution is 2.26. The number of aliphatic hydroxyl groups is 1. The molecule has 0 saturated heterocycles. The third-order valence-corrected chi connectivity index (χ3v) is 3.05. The van der Waals surface area contributed by atoms with Crippen molar-refractivity contribution in [3.05, 3.63) is 52.8 Å². The number of aliphatic hydroxyl groups excluding tert-OH is 1. The van der Waals surface area contributed by atoms with E-state index in [4.69, 9.17) is 0 Å². The van der Waals surface area contributed by atoms with Crippen LogP contribution in [0.15, 0.2) is 30.5 Å². The lowest BCUT2D eigenvalue weighted by molar-refractivity contribution is 0.218. The van der Waals surface area contributed by atoms with Gasteiger partial charge in [-0.05, 0) is 24.5 Å². The zero-order valence-electron chi connectivity index (χ0n) is 10.5. The Morgan fingerprint density at radius 2 is 2.00 bits per heavy atom. The molecular weight excluding hydrogens is 212 g/mol. The van der Waals surface area contributed by atoms with Gasteiger partial charge in [0.15, 0.2) is 0 Å². The molecule has 2 aromatic rings. The molecule has 17 heavy (non-hydrogen) atoms. The van der Waals surface area contributed by atoms with Gasteiger partial charge in [-0.2, -0.15) is 5.10 Å². The van der Waals surface area contributed by atoms with E-state index in [0.29, 0.717) is 0 Å². The van der Waals surface area contributed by atoms with Crippen LogP contribution >= 0.6 is 0 Å². The average Bonchev–Trinajstić information content (AvgIpc) is 2.70. The van der Waals surface area contributed by atoms with Crippen molar-refractivity contribution < 1.29 is 5.11 Å². The summed E-state index contributed by atoms with van der Waals surface area (Å²) < 4.78 is 1.76. The van der Waals surface area contributed by atoms with Gasteiger partial charge in [0.2, 0.25) is 0 Å². The van der Waals surface area contributed by atoms with Gasteiger partial charge in [-0.15, -0.1) is 0 Å². The minimum Gasteiger partial charge on any atom is -0.384 e. The zero-order valence-corrected chi connectivity index (χ0v) is 10.5. The summed E-state index contributed by atoms with van der Waals surface area (Å²) in [5.41, 5.74) is 3.92. The molecule has 1 unspecified atom stereocenters. The van der Waals surface area contributed by atoms with Crippen LogP contribution in [0.1, 0.15) is 35.4 Å². The van der Waals surface area contributed by atoms with E-state index in [1.807, 2.05) is 44.4 Å². The maximum Gasteiger partial charge on any atom is 0.108 e. The van der Waals surface area contributed by atoms with Crippen LogP contribution in [0.3, 0.4) is 0 Å². The Bertz CT molecular complexity index is 517. The lowest BCUT2D eigenvalue weighted by atomic mass is 9.97. The number of hydrogen-bond donors (Lipinski definition) is 1. The van der Waals surface area contributed by atoms with Gasteiger partial charge >= 0.3 is 0 Å². The SMILES string of the molecule is CCc1nn(C)cc1C(O)c1ccccc1C. The standard InChI is InChI=1S/C14H18N2O/c1-4-13-12(9-16(3)15-13)14(17)11-8-6-5-7-10(11)2/h5-9,14,17H,4H2,1-3H3. The molecule has 0 amide bonds. The van der Waals surface area contributed by atoms with E-state index < -0.39 is 6.10 Å². The molecule has 3 nitrogen and oxygen atoms in total. The molecule has 2 rings (SSSR count). The van der Waals surface area contributed by atoms with Crippen molar-refractivity contribution in [2.75, 3.05) is 0 Å². The summed E-state index contributed by atoms with van der Waals surface area (Å²) in [6, 6.07) is 7.91. The molecule has 90 valence electrons. The van der Waals surface area contributed by atoms with Gasteiger partial charge in [-0.1, -0.05) is 31.2 Å². The maximum atomic E-state index is 10.4. The van der Waals surface area contributed by atoms with Gasteiger partial charge in [0.25, 0.3) is 0 Å². The predicted octanol–water partition coefficient (Wildman–Crippen LogP) is 2.37. The summed E-state index contributed by atoms with van der Waals surface area (Å²) in [6.45, 7) is 4.07. The maximum absolute atomic E-state index is 10.4. The van der Waals surface area contributed by atoms with Crippen LogP contribution in [0.25, 0.3) is 0 Å². The second-order valence-corrected chi connectivity index (χ2v) is 4.32. The minimum absolute atomic E-state index is 0.583. The Morgan fingerprint density at radius 3 is 2.65 bits per heavy atom.